The van der Waals surface area contributed by atoms with Crippen molar-refractivity contribution >= 4 is 0 Å². The summed E-state index contributed by atoms with van der Waals surface area (Å²) >= 11 is 0. The molecule has 0 aliphatic carbocycles. The molecule has 1 unspecified atom stereocenters. The molecule has 0 spiro atoms. The van der Waals surface area contributed by atoms with Crippen molar-refractivity contribution in [2.75, 3.05) is 6.54 Å². The first-order valence-electron chi connectivity index (χ1n) is 5.92. The second-order valence-corrected chi connectivity index (χ2v) is 4.16. The van der Waals surface area contributed by atoms with E-state index in [0.29, 0.717) is 0 Å². The van der Waals surface area contributed by atoms with Crippen LogP contribution < -0.4 is 5.32 Å². The van der Waals surface area contributed by atoms with Crippen molar-refractivity contribution in [3.63, 3.8) is 0 Å². The molecule has 2 rings (SSSR count). The van der Waals surface area contributed by atoms with Gasteiger partial charge >= 0.3 is 0 Å². The zero-order valence-electron chi connectivity index (χ0n) is 10.6. The highest BCUT2D eigenvalue weighted by Crippen LogP contribution is 2.19. The monoisotopic (exact) mass is 233 g/mol. The van der Waals surface area contributed by atoms with Crippen LogP contribution >= 0.6 is 0 Å². The van der Waals surface area contributed by atoms with Crippen LogP contribution in [0.15, 0.2) is 24.7 Å². The van der Waals surface area contributed by atoms with Crippen LogP contribution in [0.2, 0.25) is 0 Å². The average molecular weight is 233 g/mol. The quantitative estimate of drug-likeness (QED) is 0.845. The van der Waals surface area contributed by atoms with Gasteiger partial charge in [0.05, 0.1) is 5.69 Å². The van der Waals surface area contributed by atoms with E-state index in [4.69, 9.17) is 0 Å². The molecule has 2 aromatic heterocycles. The molecule has 92 valence electrons. The highest BCUT2D eigenvalue weighted by molar-refractivity contribution is 5.17. The minimum Gasteiger partial charge on any atom is -0.336 e. The van der Waals surface area contributed by atoms with E-state index in [9.17, 15) is 0 Å². The van der Waals surface area contributed by atoms with Gasteiger partial charge in [-0.15, -0.1) is 0 Å². The Morgan fingerprint density at radius 3 is 2.71 bits per heavy atom. The molecule has 0 radical (unpaired) electrons. The second kappa shape index (κ2) is 5.14. The van der Waals surface area contributed by atoms with Gasteiger partial charge in [0.1, 0.15) is 11.9 Å². The smallest absolute Gasteiger partial charge is 0.131 e. The zero-order valence-corrected chi connectivity index (χ0v) is 10.6. The van der Waals surface area contributed by atoms with Gasteiger partial charge in [-0.05, 0) is 19.0 Å². The summed E-state index contributed by atoms with van der Waals surface area (Å²) in [5.74, 6) is 1.02. The van der Waals surface area contributed by atoms with E-state index >= 15 is 0 Å². The molecule has 0 saturated carbocycles. The Morgan fingerprint density at radius 2 is 2.18 bits per heavy atom. The van der Waals surface area contributed by atoms with E-state index < -0.39 is 0 Å². The molecule has 5 heteroatoms. The normalized spacial score (nSPS) is 12.9. The summed E-state index contributed by atoms with van der Waals surface area (Å²) in [6.07, 6.45) is 6.70. The molecule has 5 nitrogen and oxygen atoms in total. The highest BCUT2D eigenvalue weighted by atomic mass is 15.3. The number of aromatic nitrogens is 4. The fourth-order valence-corrected chi connectivity index (χ4v) is 1.94. The summed E-state index contributed by atoms with van der Waals surface area (Å²) in [5.41, 5.74) is 1.13. The van der Waals surface area contributed by atoms with Crippen LogP contribution in [0.5, 0.6) is 0 Å². The van der Waals surface area contributed by atoms with Crippen LogP contribution in [-0.2, 0) is 14.1 Å². The van der Waals surface area contributed by atoms with E-state index in [2.05, 4.69) is 22.3 Å². The van der Waals surface area contributed by atoms with Crippen molar-refractivity contribution in [3.05, 3.63) is 36.2 Å². The first-order valence-corrected chi connectivity index (χ1v) is 5.92. The van der Waals surface area contributed by atoms with E-state index in [1.54, 1.807) is 0 Å². The van der Waals surface area contributed by atoms with Gasteiger partial charge < -0.3 is 9.88 Å². The third kappa shape index (κ3) is 2.39. The predicted molar refractivity (Wildman–Crippen MR) is 66.6 cm³/mol. The summed E-state index contributed by atoms with van der Waals surface area (Å²) in [6.45, 7) is 3.12. The SMILES string of the molecule is CCCNC(c1nccn1C)c1ccnn1C. The third-order valence-corrected chi connectivity index (χ3v) is 2.87. The van der Waals surface area contributed by atoms with E-state index in [-0.39, 0.29) is 6.04 Å². The summed E-state index contributed by atoms with van der Waals surface area (Å²) in [5, 5.41) is 7.74. The van der Waals surface area contributed by atoms with Crippen molar-refractivity contribution in [2.24, 2.45) is 14.1 Å². The summed E-state index contributed by atoms with van der Waals surface area (Å²) in [7, 11) is 3.97. The lowest BCUT2D eigenvalue weighted by molar-refractivity contribution is 0.519. The molecule has 1 N–H and O–H groups in total. The van der Waals surface area contributed by atoms with Crippen LogP contribution in [0.25, 0.3) is 0 Å². The first-order chi connectivity index (χ1) is 8.24. The molecule has 17 heavy (non-hydrogen) atoms. The Kier molecular flexibility index (Phi) is 3.58. The van der Waals surface area contributed by atoms with Crippen LogP contribution in [0.3, 0.4) is 0 Å². The maximum Gasteiger partial charge on any atom is 0.131 e. The van der Waals surface area contributed by atoms with Gasteiger partial charge in [-0.2, -0.15) is 5.10 Å². The Labute approximate surface area is 101 Å². The topological polar surface area (TPSA) is 47.7 Å². The molecular formula is C12H19N5. The fraction of sp³-hybridized carbons (Fsp3) is 0.500. The van der Waals surface area contributed by atoms with Crippen LogP contribution in [0.4, 0.5) is 0 Å². The molecule has 0 saturated heterocycles. The lowest BCUT2D eigenvalue weighted by atomic mass is 10.2. The van der Waals surface area contributed by atoms with Crippen molar-refractivity contribution < 1.29 is 0 Å². The maximum absolute atomic E-state index is 4.43. The lowest BCUT2D eigenvalue weighted by Crippen LogP contribution is -2.27. The maximum atomic E-state index is 4.43. The van der Waals surface area contributed by atoms with Gasteiger partial charge in [0, 0.05) is 32.7 Å². The Morgan fingerprint density at radius 1 is 1.35 bits per heavy atom. The minimum absolute atomic E-state index is 0.0995. The van der Waals surface area contributed by atoms with Gasteiger partial charge in [0.15, 0.2) is 0 Å². The van der Waals surface area contributed by atoms with E-state index in [1.807, 2.05) is 48.0 Å². The zero-order chi connectivity index (χ0) is 12.3. The molecule has 0 aliphatic heterocycles. The third-order valence-electron chi connectivity index (χ3n) is 2.87. The van der Waals surface area contributed by atoms with Crippen molar-refractivity contribution in [2.45, 2.75) is 19.4 Å². The molecule has 0 aromatic carbocycles. The number of nitrogens with one attached hydrogen (secondary N) is 1. The van der Waals surface area contributed by atoms with Crippen molar-refractivity contribution in [1.29, 1.82) is 0 Å². The van der Waals surface area contributed by atoms with Crippen molar-refractivity contribution in [1.82, 2.24) is 24.6 Å². The lowest BCUT2D eigenvalue weighted by Gasteiger charge is -2.18. The predicted octanol–water partition coefficient (Wildman–Crippen LogP) is 1.24. The van der Waals surface area contributed by atoms with E-state index in [0.717, 1.165) is 24.5 Å². The highest BCUT2D eigenvalue weighted by Gasteiger charge is 2.20. The average Bonchev–Trinajstić information content (AvgIpc) is 2.90. The number of rotatable bonds is 5. The molecule has 2 heterocycles. The molecule has 2 aromatic rings. The van der Waals surface area contributed by atoms with Crippen LogP contribution in [-0.4, -0.2) is 25.9 Å². The number of nitrogens with zero attached hydrogens (tertiary/aromatic N) is 4. The summed E-state index contributed by atoms with van der Waals surface area (Å²) in [6, 6.07) is 2.13. The second-order valence-electron chi connectivity index (χ2n) is 4.16. The molecule has 0 amide bonds. The minimum atomic E-state index is 0.0995. The molecular weight excluding hydrogens is 214 g/mol. The summed E-state index contributed by atoms with van der Waals surface area (Å²) < 4.78 is 3.93. The number of hydrogen-bond acceptors (Lipinski definition) is 3. The number of imidazole rings is 1. The van der Waals surface area contributed by atoms with Gasteiger partial charge in [-0.1, -0.05) is 6.92 Å². The molecule has 0 fully saturated rings. The standard InChI is InChI=1S/C12H19N5/c1-4-6-13-11(10-5-7-15-17(10)3)12-14-8-9-16(12)2/h5,7-9,11,13H,4,6H2,1-3H3. The number of hydrogen-bond donors (Lipinski definition) is 1. The van der Waals surface area contributed by atoms with Gasteiger partial charge in [-0.25, -0.2) is 4.98 Å². The van der Waals surface area contributed by atoms with Gasteiger partial charge in [0.2, 0.25) is 0 Å². The Hall–Kier alpha value is -1.62. The van der Waals surface area contributed by atoms with E-state index in [1.165, 1.54) is 0 Å². The number of aryl methyl sites for hydroxylation is 2. The molecule has 0 aliphatic rings. The largest absolute Gasteiger partial charge is 0.336 e. The van der Waals surface area contributed by atoms with Gasteiger partial charge in [0.25, 0.3) is 0 Å². The fourth-order valence-electron chi connectivity index (χ4n) is 1.94. The Bertz CT molecular complexity index is 430. The van der Waals surface area contributed by atoms with Crippen LogP contribution in [0.1, 0.15) is 30.9 Å². The van der Waals surface area contributed by atoms with Gasteiger partial charge in [-0.3, -0.25) is 4.68 Å². The van der Waals surface area contributed by atoms with Crippen molar-refractivity contribution in [3.8, 4) is 0 Å². The molecule has 1 atom stereocenters. The first kappa shape index (κ1) is 11.9. The molecule has 0 bridgehead atoms. The summed E-state index contributed by atoms with van der Waals surface area (Å²) in [4.78, 5) is 4.43. The Balaban J connectivity index is 2.32. The van der Waals surface area contributed by atoms with Crippen LogP contribution in [0, 0.1) is 0 Å².